The van der Waals surface area contributed by atoms with Gasteiger partial charge in [0, 0.05) is 10.7 Å². The van der Waals surface area contributed by atoms with Gasteiger partial charge in [-0.25, -0.2) is 9.37 Å². The number of nitriles is 1. The summed E-state index contributed by atoms with van der Waals surface area (Å²) in [6.45, 7) is 0. The largest absolute Gasteiger partial charge is 0.434 e. The van der Waals surface area contributed by atoms with Crippen molar-refractivity contribution in [2.75, 3.05) is 0 Å². The van der Waals surface area contributed by atoms with Crippen LogP contribution in [0.1, 0.15) is 5.56 Å². The Morgan fingerprint density at radius 2 is 2.17 bits per heavy atom. The fourth-order valence-electron chi connectivity index (χ4n) is 1.24. The van der Waals surface area contributed by atoms with E-state index in [1.807, 2.05) is 6.07 Å². The van der Waals surface area contributed by atoms with E-state index in [-0.39, 0.29) is 22.2 Å². The third kappa shape index (κ3) is 2.61. The number of ether oxygens (including phenoxy) is 1. The van der Waals surface area contributed by atoms with Gasteiger partial charge in [-0.2, -0.15) is 5.26 Å². The van der Waals surface area contributed by atoms with Crippen molar-refractivity contribution in [1.29, 1.82) is 5.26 Å². The molecule has 90 valence electrons. The Morgan fingerprint density at radius 3 is 2.83 bits per heavy atom. The van der Waals surface area contributed by atoms with Gasteiger partial charge in [-0.1, -0.05) is 27.5 Å². The van der Waals surface area contributed by atoms with Gasteiger partial charge in [-0.05, 0) is 24.3 Å². The van der Waals surface area contributed by atoms with Crippen molar-refractivity contribution < 1.29 is 9.13 Å². The molecule has 2 rings (SSSR count). The zero-order valence-electron chi connectivity index (χ0n) is 8.82. The van der Waals surface area contributed by atoms with E-state index < -0.39 is 5.82 Å². The van der Waals surface area contributed by atoms with Crippen LogP contribution in [0.4, 0.5) is 4.39 Å². The highest BCUT2D eigenvalue weighted by molar-refractivity contribution is 9.10. The number of rotatable bonds is 2. The van der Waals surface area contributed by atoms with Crippen LogP contribution in [0.25, 0.3) is 0 Å². The molecule has 0 saturated carbocycles. The second-order valence-electron chi connectivity index (χ2n) is 3.27. The highest BCUT2D eigenvalue weighted by Crippen LogP contribution is 2.31. The molecular formula is C12H5BrClFN2O. The summed E-state index contributed by atoms with van der Waals surface area (Å²) in [5, 5.41) is 8.86. The zero-order valence-corrected chi connectivity index (χ0v) is 11.2. The summed E-state index contributed by atoms with van der Waals surface area (Å²) in [5.74, 6) is -0.566. The third-order valence-corrected chi connectivity index (χ3v) is 2.94. The van der Waals surface area contributed by atoms with Crippen LogP contribution in [0.3, 0.4) is 0 Å². The number of benzene rings is 1. The molecule has 3 nitrogen and oxygen atoms in total. The van der Waals surface area contributed by atoms with E-state index in [2.05, 4.69) is 20.9 Å². The molecule has 0 saturated heterocycles. The molecule has 0 aliphatic carbocycles. The Balaban J connectivity index is 2.38. The van der Waals surface area contributed by atoms with Gasteiger partial charge >= 0.3 is 0 Å². The maximum Gasteiger partial charge on any atom is 0.239 e. The number of hydrogen-bond acceptors (Lipinski definition) is 3. The smallest absolute Gasteiger partial charge is 0.239 e. The van der Waals surface area contributed by atoms with Crippen LogP contribution >= 0.6 is 27.5 Å². The summed E-state index contributed by atoms with van der Waals surface area (Å²) in [6, 6.07) is 7.67. The molecule has 0 fully saturated rings. The molecule has 0 spiro atoms. The van der Waals surface area contributed by atoms with Gasteiger partial charge in [0.05, 0.1) is 5.56 Å². The zero-order chi connectivity index (χ0) is 13.1. The topological polar surface area (TPSA) is 45.9 Å². The van der Waals surface area contributed by atoms with E-state index in [0.717, 1.165) is 0 Å². The van der Waals surface area contributed by atoms with Crippen LogP contribution in [0.5, 0.6) is 11.6 Å². The highest BCUT2D eigenvalue weighted by atomic mass is 79.9. The number of nitrogens with zero attached hydrogens (tertiary/aromatic N) is 2. The Labute approximate surface area is 116 Å². The molecule has 0 radical (unpaired) electrons. The number of pyridine rings is 1. The number of hydrogen-bond donors (Lipinski definition) is 0. The van der Waals surface area contributed by atoms with E-state index >= 15 is 0 Å². The van der Waals surface area contributed by atoms with Crippen molar-refractivity contribution in [2.45, 2.75) is 0 Å². The Bertz CT molecular complexity index is 642. The Hall–Kier alpha value is -1.64. The second-order valence-corrected chi connectivity index (χ2v) is 4.56. The quantitative estimate of drug-likeness (QED) is 0.826. The second kappa shape index (κ2) is 5.34. The molecule has 0 aliphatic rings. The van der Waals surface area contributed by atoms with Crippen LogP contribution in [-0.4, -0.2) is 4.98 Å². The number of halogens is 3. The van der Waals surface area contributed by atoms with Crippen LogP contribution < -0.4 is 4.74 Å². The summed E-state index contributed by atoms with van der Waals surface area (Å²) >= 11 is 9.04. The molecule has 0 N–H and O–H groups in total. The monoisotopic (exact) mass is 326 g/mol. The molecule has 0 bridgehead atoms. The van der Waals surface area contributed by atoms with E-state index in [4.69, 9.17) is 21.6 Å². The summed E-state index contributed by atoms with van der Waals surface area (Å²) in [5.41, 5.74) is 0.221. The van der Waals surface area contributed by atoms with Gasteiger partial charge in [-0.3, -0.25) is 0 Å². The maximum atomic E-state index is 13.6. The molecule has 0 aliphatic heterocycles. The summed E-state index contributed by atoms with van der Waals surface area (Å²) in [4.78, 5) is 3.86. The van der Waals surface area contributed by atoms with E-state index in [9.17, 15) is 4.39 Å². The van der Waals surface area contributed by atoms with Crippen molar-refractivity contribution in [2.24, 2.45) is 0 Å². The Morgan fingerprint density at radius 1 is 1.39 bits per heavy atom. The molecule has 18 heavy (non-hydrogen) atoms. The van der Waals surface area contributed by atoms with Crippen molar-refractivity contribution in [3.8, 4) is 17.7 Å². The first-order chi connectivity index (χ1) is 8.61. The Kier molecular flexibility index (Phi) is 3.80. The van der Waals surface area contributed by atoms with Crippen LogP contribution in [-0.2, 0) is 0 Å². The summed E-state index contributed by atoms with van der Waals surface area (Å²) < 4.78 is 19.4. The van der Waals surface area contributed by atoms with E-state index in [1.54, 1.807) is 6.07 Å². The van der Waals surface area contributed by atoms with Crippen LogP contribution in [0, 0.1) is 17.1 Å². The average molecular weight is 328 g/mol. The molecule has 0 unspecified atom stereocenters. The predicted octanol–water partition coefficient (Wildman–Crippen LogP) is 4.30. The molecule has 1 heterocycles. The molecule has 2 aromatic rings. The SMILES string of the molecule is N#Cc1ccnc(Oc2ccc(Br)cc2F)c1Cl. The lowest BCUT2D eigenvalue weighted by molar-refractivity contribution is 0.427. The van der Waals surface area contributed by atoms with Crippen molar-refractivity contribution >= 4 is 27.5 Å². The minimum absolute atomic E-state index is 0.00283. The van der Waals surface area contributed by atoms with Crippen molar-refractivity contribution in [1.82, 2.24) is 4.98 Å². The number of aromatic nitrogens is 1. The molecule has 6 heteroatoms. The van der Waals surface area contributed by atoms with Crippen LogP contribution in [0.2, 0.25) is 5.02 Å². The minimum atomic E-state index is -0.551. The first-order valence-corrected chi connectivity index (χ1v) is 5.96. The molecule has 0 amide bonds. The van der Waals surface area contributed by atoms with Gasteiger partial charge in [0.2, 0.25) is 5.88 Å². The third-order valence-electron chi connectivity index (χ3n) is 2.08. The van der Waals surface area contributed by atoms with Gasteiger partial charge in [-0.15, -0.1) is 0 Å². The molecule has 1 aromatic carbocycles. The van der Waals surface area contributed by atoms with Gasteiger partial charge < -0.3 is 4.74 Å². The average Bonchev–Trinajstić information content (AvgIpc) is 2.35. The standard InChI is InChI=1S/C12H5BrClFN2O/c13-8-1-2-10(9(15)5-8)18-12-11(14)7(6-16)3-4-17-12/h1-5H. The van der Waals surface area contributed by atoms with Gasteiger partial charge in [0.15, 0.2) is 11.6 Å². The fourth-order valence-corrected chi connectivity index (χ4v) is 1.77. The van der Waals surface area contributed by atoms with Crippen LogP contribution in [0.15, 0.2) is 34.9 Å². The first-order valence-electron chi connectivity index (χ1n) is 4.79. The van der Waals surface area contributed by atoms with Gasteiger partial charge in [0.25, 0.3) is 0 Å². The highest BCUT2D eigenvalue weighted by Gasteiger charge is 2.12. The van der Waals surface area contributed by atoms with E-state index in [0.29, 0.717) is 4.47 Å². The lowest BCUT2D eigenvalue weighted by atomic mass is 10.3. The lowest BCUT2D eigenvalue weighted by Gasteiger charge is -2.07. The van der Waals surface area contributed by atoms with Gasteiger partial charge in [0.1, 0.15) is 11.1 Å². The van der Waals surface area contributed by atoms with Crippen molar-refractivity contribution in [3.05, 3.63) is 51.3 Å². The van der Waals surface area contributed by atoms with E-state index in [1.165, 1.54) is 24.4 Å². The predicted molar refractivity (Wildman–Crippen MR) is 68.1 cm³/mol. The van der Waals surface area contributed by atoms with Crippen molar-refractivity contribution in [3.63, 3.8) is 0 Å². The summed E-state index contributed by atoms with van der Waals surface area (Å²) in [6.07, 6.45) is 1.37. The molecule has 0 atom stereocenters. The molecule has 1 aromatic heterocycles. The lowest BCUT2D eigenvalue weighted by Crippen LogP contribution is -1.93. The fraction of sp³-hybridized carbons (Fsp3) is 0. The molecular weight excluding hydrogens is 322 g/mol. The minimum Gasteiger partial charge on any atom is -0.434 e. The summed E-state index contributed by atoms with van der Waals surface area (Å²) in [7, 11) is 0. The first kappa shape index (κ1) is 12.8. The maximum absolute atomic E-state index is 13.6. The normalized spacial score (nSPS) is 9.89.